The number of amides is 1. The van der Waals surface area contributed by atoms with Gasteiger partial charge in [0.2, 0.25) is 0 Å². The van der Waals surface area contributed by atoms with Crippen LogP contribution in [0, 0.1) is 6.92 Å². The summed E-state index contributed by atoms with van der Waals surface area (Å²) in [6.07, 6.45) is -0.656. The third kappa shape index (κ3) is 4.98. The van der Waals surface area contributed by atoms with Gasteiger partial charge in [0.25, 0.3) is 5.91 Å². The Morgan fingerprint density at radius 3 is 2.75 bits per heavy atom. The molecule has 0 heterocycles. The Balaban J connectivity index is 2.05. The van der Waals surface area contributed by atoms with Crippen LogP contribution in [0.5, 0.6) is 5.75 Å². The lowest BCUT2D eigenvalue weighted by Crippen LogP contribution is -2.30. The molecule has 0 saturated heterocycles. The Kier molecular flexibility index (Phi) is 6.64. The van der Waals surface area contributed by atoms with Crippen LogP contribution in [0.15, 0.2) is 42.5 Å². The molecule has 2 N–H and O–H groups in total. The molecular formula is C19H23ClN2O2. The van der Waals surface area contributed by atoms with Gasteiger partial charge in [-0.2, -0.15) is 0 Å². The molecule has 1 unspecified atom stereocenters. The van der Waals surface area contributed by atoms with Crippen molar-refractivity contribution in [1.29, 1.82) is 0 Å². The molecule has 0 aliphatic rings. The number of aryl methyl sites for hydroxylation is 1. The predicted molar refractivity (Wildman–Crippen MR) is 98.7 cm³/mol. The highest BCUT2D eigenvalue weighted by Gasteiger charge is 2.17. The number of hydrogen-bond donors (Lipinski definition) is 2. The van der Waals surface area contributed by atoms with E-state index >= 15 is 0 Å². The number of carbonyl (C=O) groups excluding carboxylic acids is 1. The molecule has 2 aromatic carbocycles. The SMILES string of the molecule is CCNCc1ccccc1NC(=O)C(C)Oc1cc(C)ccc1Cl. The molecule has 24 heavy (non-hydrogen) atoms. The van der Waals surface area contributed by atoms with Crippen molar-refractivity contribution in [1.82, 2.24) is 5.32 Å². The van der Waals surface area contributed by atoms with Crippen LogP contribution in [0.2, 0.25) is 5.02 Å². The van der Waals surface area contributed by atoms with E-state index < -0.39 is 6.10 Å². The highest BCUT2D eigenvalue weighted by Crippen LogP contribution is 2.26. The zero-order chi connectivity index (χ0) is 17.5. The zero-order valence-corrected chi connectivity index (χ0v) is 15.0. The fraction of sp³-hybridized carbons (Fsp3) is 0.316. The van der Waals surface area contributed by atoms with Gasteiger partial charge in [-0.05, 0) is 49.7 Å². The lowest BCUT2D eigenvalue weighted by molar-refractivity contribution is -0.122. The molecule has 1 atom stereocenters. The van der Waals surface area contributed by atoms with Crippen molar-refractivity contribution in [2.45, 2.75) is 33.4 Å². The molecule has 0 fully saturated rings. The van der Waals surface area contributed by atoms with E-state index in [0.717, 1.165) is 23.4 Å². The maximum Gasteiger partial charge on any atom is 0.265 e. The molecule has 0 aromatic heterocycles. The number of ether oxygens (including phenoxy) is 1. The summed E-state index contributed by atoms with van der Waals surface area (Å²) in [6, 6.07) is 13.2. The van der Waals surface area contributed by atoms with Crippen molar-refractivity contribution in [3.05, 3.63) is 58.6 Å². The molecule has 0 bridgehead atoms. The van der Waals surface area contributed by atoms with Crippen LogP contribution in [0.1, 0.15) is 25.0 Å². The van der Waals surface area contributed by atoms with Crippen LogP contribution in [0.25, 0.3) is 0 Å². The topological polar surface area (TPSA) is 50.4 Å². The molecule has 0 aliphatic carbocycles. The van der Waals surface area contributed by atoms with Gasteiger partial charge in [0, 0.05) is 12.2 Å². The van der Waals surface area contributed by atoms with E-state index in [1.807, 2.05) is 50.2 Å². The smallest absolute Gasteiger partial charge is 0.265 e. The molecule has 4 nitrogen and oxygen atoms in total. The van der Waals surface area contributed by atoms with Crippen LogP contribution in [0.4, 0.5) is 5.69 Å². The first kappa shape index (κ1) is 18.3. The van der Waals surface area contributed by atoms with Gasteiger partial charge < -0.3 is 15.4 Å². The standard InChI is InChI=1S/C19H23ClN2O2/c1-4-21-12-15-7-5-6-8-17(15)22-19(23)14(3)24-18-11-13(2)9-10-16(18)20/h5-11,14,21H,4,12H2,1-3H3,(H,22,23). The average molecular weight is 347 g/mol. The van der Waals surface area contributed by atoms with Crippen molar-refractivity contribution in [3.8, 4) is 5.75 Å². The second-order valence-corrected chi connectivity index (χ2v) is 6.03. The molecule has 128 valence electrons. The number of halogens is 1. The maximum absolute atomic E-state index is 12.4. The van der Waals surface area contributed by atoms with Gasteiger partial charge in [-0.3, -0.25) is 4.79 Å². The summed E-state index contributed by atoms with van der Waals surface area (Å²) < 4.78 is 5.72. The average Bonchev–Trinajstić information content (AvgIpc) is 2.57. The van der Waals surface area contributed by atoms with E-state index in [0.29, 0.717) is 17.3 Å². The molecular weight excluding hydrogens is 324 g/mol. The lowest BCUT2D eigenvalue weighted by Gasteiger charge is -2.17. The van der Waals surface area contributed by atoms with Gasteiger partial charge in [-0.1, -0.05) is 42.8 Å². The Morgan fingerprint density at radius 1 is 1.25 bits per heavy atom. The monoisotopic (exact) mass is 346 g/mol. The predicted octanol–water partition coefficient (Wildman–Crippen LogP) is 4.16. The van der Waals surface area contributed by atoms with Crippen molar-refractivity contribution >= 4 is 23.2 Å². The molecule has 2 aromatic rings. The van der Waals surface area contributed by atoms with Gasteiger partial charge >= 0.3 is 0 Å². The number of benzene rings is 2. The van der Waals surface area contributed by atoms with E-state index in [2.05, 4.69) is 10.6 Å². The number of rotatable bonds is 7. The molecule has 5 heteroatoms. The van der Waals surface area contributed by atoms with E-state index in [4.69, 9.17) is 16.3 Å². The number of hydrogen-bond acceptors (Lipinski definition) is 3. The second-order valence-electron chi connectivity index (χ2n) is 5.62. The first-order valence-electron chi connectivity index (χ1n) is 8.03. The van der Waals surface area contributed by atoms with E-state index in [1.54, 1.807) is 13.0 Å². The van der Waals surface area contributed by atoms with Crippen molar-refractivity contribution in [2.24, 2.45) is 0 Å². The minimum absolute atomic E-state index is 0.212. The van der Waals surface area contributed by atoms with Gasteiger partial charge in [-0.15, -0.1) is 0 Å². The van der Waals surface area contributed by atoms with Crippen LogP contribution in [-0.4, -0.2) is 18.6 Å². The van der Waals surface area contributed by atoms with Crippen molar-refractivity contribution in [3.63, 3.8) is 0 Å². The first-order valence-corrected chi connectivity index (χ1v) is 8.41. The summed E-state index contributed by atoms with van der Waals surface area (Å²) in [5.74, 6) is 0.303. The second kappa shape index (κ2) is 8.71. The minimum Gasteiger partial charge on any atom is -0.479 e. The third-order valence-corrected chi connectivity index (χ3v) is 3.91. The quantitative estimate of drug-likeness (QED) is 0.791. The number of anilines is 1. The number of para-hydroxylation sites is 1. The maximum atomic E-state index is 12.4. The highest BCUT2D eigenvalue weighted by molar-refractivity contribution is 6.32. The summed E-state index contributed by atoms with van der Waals surface area (Å²) >= 11 is 6.12. The Bertz CT molecular complexity index is 704. The summed E-state index contributed by atoms with van der Waals surface area (Å²) in [5.41, 5.74) is 2.85. The Hall–Kier alpha value is -2.04. The normalized spacial score (nSPS) is 11.8. The van der Waals surface area contributed by atoms with E-state index in [9.17, 15) is 4.79 Å². The van der Waals surface area contributed by atoms with Crippen LogP contribution in [0.3, 0.4) is 0 Å². The molecule has 0 spiro atoms. The molecule has 2 rings (SSSR count). The molecule has 0 saturated carbocycles. The van der Waals surface area contributed by atoms with E-state index in [1.165, 1.54) is 0 Å². The first-order chi connectivity index (χ1) is 11.5. The zero-order valence-electron chi connectivity index (χ0n) is 14.2. The molecule has 0 radical (unpaired) electrons. The van der Waals surface area contributed by atoms with Gasteiger partial charge in [0.15, 0.2) is 6.10 Å². The summed E-state index contributed by atoms with van der Waals surface area (Å²) in [5, 5.41) is 6.68. The third-order valence-electron chi connectivity index (χ3n) is 3.60. The minimum atomic E-state index is -0.656. The summed E-state index contributed by atoms with van der Waals surface area (Å²) in [6.45, 7) is 7.27. The van der Waals surface area contributed by atoms with Crippen molar-refractivity contribution in [2.75, 3.05) is 11.9 Å². The highest BCUT2D eigenvalue weighted by atomic mass is 35.5. The Morgan fingerprint density at radius 2 is 2.00 bits per heavy atom. The lowest BCUT2D eigenvalue weighted by atomic mass is 10.1. The van der Waals surface area contributed by atoms with Crippen LogP contribution in [-0.2, 0) is 11.3 Å². The molecule has 0 aliphatic heterocycles. The van der Waals surface area contributed by atoms with Gasteiger partial charge in [0.1, 0.15) is 5.75 Å². The Labute approximate surface area is 148 Å². The van der Waals surface area contributed by atoms with E-state index in [-0.39, 0.29) is 5.91 Å². The molecule has 1 amide bonds. The fourth-order valence-electron chi connectivity index (χ4n) is 2.24. The summed E-state index contributed by atoms with van der Waals surface area (Å²) in [4.78, 5) is 12.4. The van der Waals surface area contributed by atoms with Gasteiger partial charge in [0.05, 0.1) is 5.02 Å². The number of carbonyl (C=O) groups is 1. The van der Waals surface area contributed by atoms with Crippen LogP contribution >= 0.6 is 11.6 Å². The van der Waals surface area contributed by atoms with Crippen molar-refractivity contribution < 1.29 is 9.53 Å². The van der Waals surface area contributed by atoms with Crippen LogP contribution < -0.4 is 15.4 Å². The summed E-state index contributed by atoms with van der Waals surface area (Å²) in [7, 11) is 0. The fourth-order valence-corrected chi connectivity index (χ4v) is 2.40. The number of nitrogens with one attached hydrogen (secondary N) is 2. The largest absolute Gasteiger partial charge is 0.479 e. The van der Waals surface area contributed by atoms with Gasteiger partial charge in [-0.25, -0.2) is 0 Å².